The highest BCUT2D eigenvalue weighted by Crippen LogP contribution is 2.22. The van der Waals surface area contributed by atoms with Crippen LogP contribution in [-0.2, 0) is 10.5 Å². The van der Waals surface area contributed by atoms with Crippen molar-refractivity contribution in [3.63, 3.8) is 0 Å². The first-order chi connectivity index (χ1) is 13.3. The molecule has 0 spiro atoms. The van der Waals surface area contributed by atoms with Crippen molar-refractivity contribution < 1.29 is 4.79 Å². The summed E-state index contributed by atoms with van der Waals surface area (Å²) in [6, 6.07) is 29.4. The zero-order chi connectivity index (χ0) is 18.9. The molecule has 0 heterocycles. The summed E-state index contributed by atoms with van der Waals surface area (Å²) in [7, 11) is 0. The number of benzene rings is 3. The van der Waals surface area contributed by atoms with E-state index in [2.05, 4.69) is 11.4 Å². The Labute approximate surface area is 164 Å². The summed E-state index contributed by atoms with van der Waals surface area (Å²) in [5.74, 6) is 1.06. The fraction of sp³-hybridized carbons (Fsp3) is 0.130. The molecular formula is C23H20N2OS. The molecule has 0 fully saturated rings. The van der Waals surface area contributed by atoms with Gasteiger partial charge < -0.3 is 5.32 Å². The van der Waals surface area contributed by atoms with Gasteiger partial charge in [0.2, 0.25) is 5.91 Å². The third kappa shape index (κ3) is 5.47. The van der Waals surface area contributed by atoms with Crippen LogP contribution >= 0.6 is 11.8 Å². The van der Waals surface area contributed by atoms with Crippen LogP contribution in [0.15, 0.2) is 84.9 Å². The molecule has 1 N–H and O–H groups in total. The summed E-state index contributed by atoms with van der Waals surface area (Å²) in [6.45, 7) is 0. The lowest BCUT2D eigenvalue weighted by Gasteiger charge is -2.20. The molecule has 0 saturated heterocycles. The smallest absolute Gasteiger partial charge is 0.230 e. The van der Waals surface area contributed by atoms with Crippen molar-refractivity contribution in [2.75, 3.05) is 5.75 Å². The maximum atomic E-state index is 12.5. The summed E-state index contributed by atoms with van der Waals surface area (Å²) in [6.07, 6.45) is 0. The molecule has 0 aliphatic carbocycles. The number of hydrogen-bond acceptors (Lipinski definition) is 3. The van der Waals surface area contributed by atoms with Gasteiger partial charge in [0, 0.05) is 5.75 Å². The van der Waals surface area contributed by atoms with Crippen LogP contribution in [0, 0.1) is 11.3 Å². The highest BCUT2D eigenvalue weighted by molar-refractivity contribution is 7.99. The normalized spacial score (nSPS) is 10.4. The molecule has 0 aliphatic heterocycles. The average molecular weight is 372 g/mol. The number of hydrogen-bond donors (Lipinski definition) is 1. The first kappa shape index (κ1) is 18.8. The largest absolute Gasteiger partial charge is 0.344 e. The summed E-state index contributed by atoms with van der Waals surface area (Å²) in [4.78, 5) is 12.5. The van der Waals surface area contributed by atoms with Gasteiger partial charge in [-0.2, -0.15) is 5.26 Å². The molecule has 0 unspecified atom stereocenters. The van der Waals surface area contributed by atoms with E-state index >= 15 is 0 Å². The molecule has 1 amide bonds. The second-order valence-electron chi connectivity index (χ2n) is 6.13. The average Bonchev–Trinajstić information content (AvgIpc) is 2.73. The Bertz CT molecular complexity index is 880. The van der Waals surface area contributed by atoms with E-state index in [1.165, 1.54) is 0 Å². The highest BCUT2D eigenvalue weighted by atomic mass is 32.2. The maximum Gasteiger partial charge on any atom is 0.230 e. The molecule has 4 heteroatoms. The number of nitriles is 1. The summed E-state index contributed by atoms with van der Waals surface area (Å²) in [5, 5.41) is 12.1. The molecule has 0 bridgehead atoms. The monoisotopic (exact) mass is 372 g/mol. The van der Waals surface area contributed by atoms with Crippen molar-refractivity contribution in [2.45, 2.75) is 11.8 Å². The van der Waals surface area contributed by atoms with Gasteiger partial charge in [0.25, 0.3) is 0 Å². The second kappa shape index (κ2) is 9.61. The first-order valence-corrected chi connectivity index (χ1v) is 9.88. The van der Waals surface area contributed by atoms with Gasteiger partial charge >= 0.3 is 0 Å². The van der Waals surface area contributed by atoms with E-state index in [0.29, 0.717) is 17.1 Å². The minimum Gasteiger partial charge on any atom is -0.344 e. The van der Waals surface area contributed by atoms with Gasteiger partial charge in [-0.05, 0) is 28.8 Å². The van der Waals surface area contributed by atoms with E-state index in [-0.39, 0.29) is 11.9 Å². The zero-order valence-corrected chi connectivity index (χ0v) is 15.7. The van der Waals surface area contributed by atoms with Crippen molar-refractivity contribution in [2.24, 2.45) is 0 Å². The Kier molecular flexibility index (Phi) is 6.67. The van der Waals surface area contributed by atoms with Gasteiger partial charge in [0.05, 0.1) is 23.4 Å². The van der Waals surface area contributed by atoms with Crippen LogP contribution in [0.1, 0.15) is 28.3 Å². The number of amides is 1. The molecule has 3 rings (SSSR count). The quantitative estimate of drug-likeness (QED) is 0.654. The molecule has 3 nitrogen and oxygen atoms in total. The molecule has 0 radical (unpaired) electrons. The zero-order valence-electron chi connectivity index (χ0n) is 14.8. The summed E-state index contributed by atoms with van der Waals surface area (Å²) >= 11 is 1.54. The van der Waals surface area contributed by atoms with E-state index in [1.54, 1.807) is 17.8 Å². The van der Waals surface area contributed by atoms with Crippen molar-refractivity contribution in [3.05, 3.63) is 107 Å². The van der Waals surface area contributed by atoms with Gasteiger partial charge in [-0.1, -0.05) is 72.8 Å². The molecular weight excluding hydrogens is 352 g/mol. The first-order valence-electron chi connectivity index (χ1n) is 8.72. The topological polar surface area (TPSA) is 52.9 Å². The molecule has 27 heavy (non-hydrogen) atoms. The SMILES string of the molecule is N#Cc1cccc(CSCC(=O)NC(c2ccccc2)c2ccccc2)c1. The standard InChI is InChI=1S/C23H20N2OS/c24-15-18-8-7-9-19(14-18)16-27-17-22(26)25-23(20-10-3-1-4-11-20)21-12-5-2-6-13-21/h1-14,23H,16-17H2,(H,25,26). The van der Waals surface area contributed by atoms with Crippen molar-refractivity contribution in [3.8, 4) is 6.07 Å². The summed E-state index contributed by atoms with van der Waals surface area (Å²) < 4.78 is 0. The molecule has 0 aliphatic rings. The van der Waals surface area contributed by atoms with E-state index < -0.39 is 0 Å². The molecule has 0 atom stereocenters. The number of nitrogens with zero attached hydrogens (tertiary/aromatic N) is 1. The Morgan fingerprint density at radius 1 is 0.926 bits per heavy atom. The number of nitrogens with one attached hydrogen (secondary N) is 1. The molecule has 0 saturated carbocycles. The fourth-order valence-corrected chi connectivity index (χ4v) is 3.63. The highest BCUT2D eigenvalue weighted by Gasteiger charge is 2.16. The maximum absolute atomic E-state index is 12.5. The van der Waals surface area contributed by atoms with Crippen LogP contribution in [0.25, 0.3) is 0 Å². The third-order valence-electron chi connectivity index (χ3n) is 4.13. The molecule has 134 valence electrons. The van der Waals surface area contributed by atoms with Gasteiger partial charge in [0.15, 0.2) is 0 Å². The van der Waals surface area contributed by atoms with E-state index in [4.69, 9.17) is 5.26 Å². The van der Waals surface area contributed by atoms with Crippen LogP contribution in [0.3, 0.4) is 0 Å². The van der Waals surface area contributed by atoms with E-state index in [0.717, 1.165) is 16.7 Å². The van der Waals surface area contributed by atoms with Gasteiger partial charge in [-0.15, -0.1) is 11.8 Å². The molecule has 0 aromatic heterocycles. The van der Waals surface area contributed by atoms with Gasteiger partial charge in [-0.25, -0.2) is 0 Å². The minimum absolute atomic E-state index is 0.00542. The third-order valence-corrected chi connectivity index (χ3v) is 5.13. The Hall–Kier alpha value is -3.03. The fourth-order valence-electron chi connectivity index (χ4n) is 2.84. The number of thioether (sulfide) groups is 1. The predicted molar refractivity (Wildman–Crippen MR) is 110 cm³/mol. The van der Waals surface area contributed by atoms with Crippen molar-refractivity contribution >= 4 is 17.7 Å². The van der Waals surface area contributed by atoms with Crippen molar-refractivity contribution in [1.29, 1.82) is 5.26 Å². The van der Waals surface area contributed by atoms with Crippen LogP contribution in [0.4, 0.5) is 0 Å². The van der Waals surface area contributed by atoms with E-state index in [9.17, 15) is 4.79 Å². The lowest BCUT2D eigenvalue weighted by Crippen LogP contribution is -2.30. The lowest BCUT2D eigenvalue weighted by molar-refractivity contribution is -0.119. The van der Waals surface area contributed by atoms with Crippen LogP contribution in [0.2, 0.25) is 0 Å². The number of rotatable bonds is 7. The van der Waals surface area contributed by atoms with Crippen LogP contribution in [-0.4, -0.2) is 11.7 Å². The minimum atomic E-state index is -0.164. The van der Waals surface area contributed by atoms with Crippen LogP contribution < -0.4 is 5.32 Å². The van der Waals surface area contributed by atoms with Crippen LogP contribution in [0.5, 0.6) is 0 Å². The van der Waals surface area contributed by atoms with Crippen molar-refractivity contribution in [1.82, 2.24) is 5.32 Å². The Morgan fingerprint density at radius 2 is 1.56 bits per heavy atom. The van der Waals surface area contributed by atoms with E-state index in [1.807, 2.05) is 78.9 Å². The summed E-state index contributed by atoms with van der Waals surface area (Å²) in [5.41, 5.74) is 3.81. The van der Waals surface area contributed by atoms with Gasteiger partial charge in [-0.3, -0.25) is 4.79 Å². The Morgan fingerprint density at radius 3 is 2.15 bits per heavy atom. The predicted octanol–water partition coefficient (Wildman–Crippen LogP) is 4.70. The molecule has 3 aromatic carbocycles. The second-order valence-corrected chi connectivity index (χ2v) is 7.11. The number of carbonyl (C=O) groups excluding carboxylic acids is 1. The number of carbonyl (C=O) groups is 1. The van der Waals surface area contributed by atoms with Gasteiger partial charge in [0.1, 0.15) is 0 Å². The Balaban J connectivity index is 1.62. The molecule has 3 aromatic rings. The lowest BCUT2D eigenvalue weighted by atomic mass is 9.99.